The Hall–Kier alpha value is -1.35. The predicted molar refractivity (Wildman–Crippen MR) is 69.4 cm³/mol. The molecule has 0 N–H and O–H groups in total. The van der Waals surface area contributed by atoms with E-state index in [4.69, 9.17) is 0 Å². The van der Waals surface area contributed by atoms with E-state index in [1.165, 1.54) is 22.1 Å². The van der Waals surface area contributed by atoms with E-state index in [-0.39, 0.29) is 46.5 Å². The van der Waals surface area contributed by atoms with E-state index in [2.05, 4.69) is 10.3 Å². The quantitative estimate of drug-likeness (QED) is 0.324. The molecule has 2 aliphatic heterocycles. The van der Waals surface area contributed by atoms with E-state index in [0.29, 0.717) is 11.3 Å². The normalized spacial score (nSPS) is 22.0. The molecule has 9 heteroatoms. The number of rotatable bonds is 3. The molecule has 102 valence electrons. The minimum absolute atomic E-state index is 0. The maximum Gasteiger partial charge on any atom is 1.00 e. The number of allylic oxidation sites excluding steroid dienone is 2. The van der Waals surface area contributed by atoms with Gasteiger partial charge in [0.2, 0.25) is 0 Å². The van der Waals surface area contributed by atoms with Crippen LogP contribution in [0.5, 0.6) is 0 Å². The van der Waals surface area contributed by atoms with Crippen molar-refractivity contribution in [1.29, 1.82) is 0 Å². The third kappa shape index (κ3) is 2.84. The molecule has 1 saturated heterocycles. The summed E-state index contributed by atoms with van der Waals surface area (Å²) in [6.45, 7) is 0. The third-order valence-electron chi connectivity index (χ3n) is 2.91. The van der Waals surface area contributed by atoms with E-state index in [9.17, 15) is 14.7 Å². The molecular formula is C12H9N4NaO3S. The van der Waals surface area contributed by atoms with Gasteiger partial charge in [0.15, 0.2) is 0 Å². The molecule has 3 heterocycles. The zero-order chi connectivity index (χ0) is 14.3. The Morgan fingerprint density at radius 2 is 2.29 bits per heavy atom. The van der Waals surface area contributed by atoms with Crippen molar-refractivity contribution in [2.24, 2.45) is 7.05 Å². The number of carboxylic acid groups (broad SMARTS) is 1. The summed E-state index contributed by atoms with van der Waals surface area (Å²) in [5, 5.41) is 19.6. The summed E-state index contributed by atoms with van der Waals surface area (Å²) in [5.74, 6) is -1.64. The number of hydrogen-bond donors (Lipinski definition) is 0. The molecule has 7 nitrogen and oxygen atoms in total. The molecule has 1 fully saturated rings. The van der Waals surface area contributed by atoms with Crippen LogP contribution >= 0.6 is 11.8 Å². The minimum atomic E-state index is -1.33. The SMILES string of the molecule is Cn1cc(/C=C/C=C2\C(=O)N3C(C(=O)[O-])=CS[C@H]23)nn1.[Na+]. The van der Waals surface area contributed by atoms with Crippen LogP contribution in [0.4, 0.5) is 0 Å². The molecule has 0 bridgehead atoms. The Bertz CT molecular complexity index is 694. The van der Waals surface area contributed by atoms with Crippen LogP contribution in [0.25, 0.3) is 6.08 Å². The number of carbonyl (C=O) groups is 2. The van der Waals surface area contributed by atoms with Crippen LogP contribution in [0, 0.1) is 0 Å². The molecule has 21 heavy (non-hydrogen) atoms. The van der Waals surface area contributed by atoms with Crippen LogP contribution in [0.3, 0.4) is 0 Å². The second kappa shape index (κ2) is 6.18. The van der Waals surface area contributed by atoms with Crippen molar-refractivity contribution in [2.75, 3.05) is 0 Å². The Balaban J connectivity index is 0.00000161. The molecule has 0 radical (unpaired) electrons. The zero-order valence-electron chi connectivity index (χ0n) is 11.4. The Labute approximate surface area is 146 Å². The van der Waals surface area contributed by atoms with Crippen LogP contribution in [-0.4, -0.2) is 37.1 Å². The van der Waals surface area contributed by atoms with Crippen molar-refractivity contribution in [3.8, 4) is 0 Å². The smallest absolute Gasteiger partial charge is 0.543 e. The number of hydrogen-bond acceptors (Lipinski definition) is 6. The fourth-order valence-corrected chi connectivity index (χ4v) is 3.10. The van der Waals surface area contributed by atoms with Gasteiger partial charge in [-0.2, -0.15) is 0 Å². The van der Waals surface area contributed by atoms with Crippen molar-refractivity contribution in [3.05, 3.63) is 40.7 Å². The number of β-lactam (4-membered cyclic amide) rings is 1. The molecule has 1 amide bonds. The zero-order valence-corrected chi connectivity index (χ0v) is 14.2. The van der Waals surface area contributed by atoms with E-state index < -0.39 is 5.97 Å². The standard InChI is InChI=1S/C12H10N4O3S.Na/c1-15-5-7(13-14-15)3-2-4-8-10(17)16-9(12(18)19)6-20-11(8)16;/h2-6,11H,1H3,(H,18,19);/q;+1/p-1/b3-2+,8-4+;/t11-;/m1./s1. The van der Waals surface area contributed by atoms with Crippen LogP contribution in [0.1, 0.15) is 5.69 Å². The molecule has 0 spiro atoms. The molecule has 0 aliphatic carbocycles. The van der Waals surface area contributed by atoms with Crippen molar-refractivity contribution in [3.63, 3.8) is 0 Å². The number of nitrogens with zero attached hydrogens (tertiary/aromatic N) is 4. The second-order valence-electron chi connectivity index (χ2n) is 4.25. The van der Waals surface area contributed by atoms with Crippen molar-refractivity contribution < 1.29 is 44.3 Å². The fraction of sp³-hybridized carbons (Fsp3) is 0.167. The maximum absolute atomic E-state index is 11.9. The summed E-state index contributed by atoms with van der Waals surface area (Å²) in [6.07, 6.45) is 6.83. The third-order valence-corrected chi connectivity index (χ3v) is 3.99. The molecule has 1 aromatic rings. The van der Waals surface area contributed by atoms with Gasteiger partial charge in [-0.25, -0.2) is 0 Å². The maximum atomic E-state index is 11.9. The molecule has 0 saturated carbocycles. The first-order chi connectivity index (χ1) is 9.58. The van der Waals surface area contributed by atoms with Gasteiger partial charge in [0.05, 0.1) is 23.4 Å². The summed E-state index contributed by atoms with van der Waals surface area (Å²) < 4.78 is 1.58. The molecule has 3 rings (SSSR count). The van der Waals surface area contributed by atoms with Gasteiger partial charge in [0.1, 0.15) is 11.1 Å². The van der Waals surface area contributed by atoms with Crippen molar-refractivity contribution in [2.45, 2.75) is 5.37 Å². The number of aliphatic carboxylic acids is 1. The number of carboxylic acids is 1. The van der Waals surface area contributed by atoms with Crippen LogP contribution in [0.2, 0.25) is 0 Å². The van der Waals surface area contributed by atoms with E-state index in [1.54, 1.807) is 36.2 Å². The second-order valence-corrected chi connectivity index (χ2v) is 5.21. The molecule has 1 atom stereocenters. The van der Waals surface area contributed by atoms with Gasteiger partial charge < -0.3 is 9.90 Å². The van der Waals surface area contributed by atoms with Crippen molar-refractivity contribution in [1.82, 2.24) is 19.9 Å². The van der Waals surface area contributed by atoms with Gasteiger partial charge in [-0.3, -0.25) is 14.4 Å². The Morgan fingerprint density at radius 3 is 2.90 bits per heavy atom. The molecule has 2 aliphatic rings. The van der Waals surface area contributed by atoms with E-state index in [0.717, 1.165) is 0 Å². The molecule has 0 unspecified atom stereocenters. The monoisotopic (exact) mass is 312 g/mol. The fourth-order valence-electron chi connectivity index (χ4n) is 1.97. The van der Waals surface area contributed by atoms with Crippen LogP contribution in [-0.2, 0) is 16.6 Å². The summed E-state index contributed by atoms with van der Waals surface area (Å²) >= 11 is 1.28. The average molecular weight is 312 g/mol. The number of aromatic nitrogens is 3. The first kappa shape index (κ1) is 16.0. The number of thioether (sulfide) groups is 1. The minimum Gasteiger partial charge on any atom is -0.543 e. The van der Waals surface area contributed by atoms with Gasteiger partial charge in [0, 0.05) is 7.05 Å². The van der Waals surface area contributed by atoms with Gasteiger partial charge >= 0.3 is 29.6 Å². The van der Waals surface area contributed by atoms with Gasteiger partial charge in [0.25, 0.3) is 5.91 Å². The average Bonchev–Trinajstić information content (AvgIpc) is 2.98. The summed E-state index contributed by atoms with van der Waals surface area (Å²) in [4.78, 5) is 23.9. The Kier molecular flexibility index (Phi) is 4.72. The van der Waals surface area contributed by atoms with Gasteiger partial charge in [-0.15, -0.1) is 16.9 Å². The van der Waals surface area contributed by atoms with Gasteiger partial charge in [-0.1, -0.05) is 17.4 Å². The van der Waals surface area contributed by atoms with Gasteiger partial charge in [-0.05, 0) is 11.5 Å². The summed E-state index contributed by atoms with van der Waals surface area (Å²) in [6, 6.07) is 0. The van der Waals surface area contributed by atoms with Crippen molar-refractivity contribution >= 4 is 29.7 Å². The Morgan fingerprint density at radius 1 is 1.52 bits per heavy atom. The molecule has 1 aromatic heterocycles. The van der Waals surface area contributed by atoms with Crippen LogP contribution in [0.15, 0.2) is 35.0 Å². The number of fused-ring (bicyclic) bond motifs is 1. The first-order valence-corrected chi connectivity index (χ1v) is 6.67. The topological polar surface area (TPSA) is 91.2 Å². The number of amides is 1. The molecular weight excluding hydrogens is 303 g/mol. The van der Waals surface area contributed by atoms with E-state index in [1.807, 2.05) is 0 Å². The predicted octanol–water partition coefficient (Wildman–Crippen LogP) is -3.73. The summed E-state index contributed by atoms with van der Waals surface area (Å²) in [7, 11) is 1.76. The largest absolute Gasteiger partial charge is 1.00 e. The summed E-state index contributed by atoms with van der Waals surface area (Å²) in [5.41, 5.74) is 1.17. The number of aryl methyl sites for hydroxylation is 1. The first-order valence-electron chi connectivity index (χ1n) is 5.73. The number of carbonyl (C=O) groups excluding carboxylic acids is 2. The van der Waals surface area contributed by atoms with E-state index >= 15 is 0 Å². The molecule has 0 aromatic carbocycles. The van der Waals surface area contributed by atoms with Crippen LogP contribution < -0.4 is 34.7 Å².